The summed E-state index contributed by atoms with van der Waals surface area (Å²) in [5.74, 6) is -0.0308. The third-order valence-electron chi connectivity index (χ3n) is 4.24. The maximum absolute atomic E-state index is 12.2. The summed E-state index contributed by atoms with van der Waals surface area (Å²) in [7, 11) is 0. The number of aromatic nitrogens is 3. The molecule has 1 aliphatic carbocycles. The monoisotopic (exact) mass is 371 g/mol. The van der Waals surface area contributed by atoms with Crippen LogP contribution in [0.15, 0.2) is 36.9 Å². The Bertz CT molecular complexity index is 624. The van der Waals surface area contributed by atoms with Crippen LogP contribution < -0.4 is 11.1 Å². The van der Waals surface area contributed by atoms with E-state index in [4.69, 9.17) is 5.73 Å². The third-order valence-corrected chi connectivity index (χ3v) is 4.24. The molecule has 0 radical (unpaired) electrons. The summed E-state index contributed by atoms with van der Waals surface area (Å²) in [6.45, 7) is 1.21. The van der Waals surface area contributed by atoms with Crippen LogP contribution in [0, 0.1) is 0 Å². The second-order valence-corrected chi connectivity index (χ2v) is 5.96. The van der Waals surface area contributed by atoms with Gasteiger partial charge < -0.3 is 11.1 Å². The highest BCUT2D eigenvalue weighted by Crippen LogP contribution is 2.27. The molecule has 0 atom stereocenters. The first-order chi connectivity index (χ1) is 10.7. The summed E-state index contributed by atoms with van der Waals surface area (Å²) in [4.78, 5) is 16.1. The maximum atomic E-state index is 12.2. The summed E-state index contributed by atoms with van der Waals surface area (Å²) >= 11 is 0. The molecule has 1 amide bonds. The first kappa shape index (κ1) is 20.4. The molecular weight excluding hydrogens is 349 g/mol. The number of carbonyl (C=O) groups excluding carboxylic acids is 1. The van der Waals surface area contributed by atoms with Gasteiger partial charge in [-0.15, -0.1) is 24.8 Å². The number of rotatable bonds is 5. The van der Waals surface area contributed by atoms with Crippen molar-refractivity contribution in [2.45, 2.75) is 44.3 Å². The van der Waals surface area contributed by atoms with Crippen molar-refractivity contribution in [2.75, 3.05) is 0 Å². The molecule has 0 saturated heterocycles. The van der Waals surface area contributed by atoms with Crippen molar-refractivity contribution in [3.8, 4) is 0 Å². The molecule has 1 heterocycles. The molecule has 0 bridgehead atoms. The van der Waals surface area contributed by atoms with E-state index < -0.39 is 5.54 Å². The fourth-order valence-corrected chi connectivity index (χ4v) is 2.86. The quantitative estimate of drug-likeness (QED) is 0.841. The highest BCUT2D eigenvalue weighted by Gasteiger charge is 2.36. The number of hydrogen-bond acceptors (Lipinski definition) is 4. The number of nitrogens with zero attached hydrogens (tertiary/aromatic N) is 3. The molecule has 0 aliphatic heterocycles. The Morgan fingerprint density at radius 2 is 1.79 bits per heavy atom. The van der Waals surface area contributed by atoms with Gasteiger partial charge in [0.15, 0.2) is 0 Å². The lowest BCUT2D eigenvalue weighted by atomic mass is 9.98. The minimum absolute atomic E-state index is 0. The Kier molecular flexibility index (Phi) is 7.66. The highest BCUT2D eigenvalue weighted by atomic mass is 35.5. The second kappa shape index (κ2) is 9.01. The third kappa shape index (κ3) is 4.93. The van der Waals surface area contributed by atoms with Gasteiger partial charge in [0.05, 0.1) is 12.1 Å². The smallest absolute Gasteiger partial charge is 0.240 e. The summed E-state index contributed by atoms with van der Waals surface area (Å²) in [5.41, 5.74) is 7.69. The number of benzene rings is 1. The van der Waals surface area contributed by atoms with Crippen molar-refractivity contribution in [1.82, 2.24) is 20.1 Å². The summed E-state index contributed by atoms with van der Waals surface area (Å²) in [6, 6.07) is 8.11. The van der Waals surface area contributed by atoms with E-state index in [1.165, 1.54) is 6.33 Å². The van der Waals surface area contributed by atoms with Crippen molar-refractivity contribution in [2.24, 2.45) is 5.73 Å². The Hall–Kier alpha value is -1.63. The zero-order valence-corrected chi connectivity index (χ0v) is 15.0. The molecule has 8 heteroatoms. The average molecular weight is 372 g/mol. The van der Waals surface area contributed by atoms with Crippen LogP contribution in [0.4, 0.5) is 0 Å². The molecule has 0 spiro atoms. The molecule has 3 N–H and O–H groups in total. The van der Waals surface area contributed by atoms with Gasteiger partial charge in [-0.1, -0.05) is 37.1 Å². The van der Waals surface area contributed by atoms with Crippen LogP contribution >= 0.6 is 24.8 Å². The van der Waals surface area contributed by atoms with Crippen LogP contribution in [0.5, 0.6) is 0 Å². The first-order valence-corrected chi connectivity index (χ1v) is 7.63. The van der Waals surface area contributed by atoms with Crippen LogP contribution in [0.25, 0.3) is 0 Å². The van der Waals surface area contributed by atoms with E-state index in [9.17, 15) is 4.79 Å². The van der Waals surface area contributed by atoms with Crippen LogP contribution in [-0.4, -0.2) is 26.2 Å². The molecule has 0 unspecified atom stereocenters. The van der Waals surface area contributed by atoms with Gasteiger partial charge >= 0.3 is 0 Å². The van der Waals surface area contributed by atoms with Gasteiger partial charge in [0.25, 0.3) is 0 Å². The molecular formula is C16H23Cl2N5O. The first-order valence-electron chi connectivity index (χ1n) is 7.63. The zero-order chi connectivity index (χ0) is 15.4. The van der Waals surface area contributed by atoms with E-state index in [1.54, 1.807) is 11.0 Å². The van der Waals surface area contributed by atoms with E-state index in [0.29, 0.717) is 13.1 Å². The molecule has 1 aliphatic rings. The average Bonchev–Trinajstić information content (AvgIpc) is 3.19. The standard InChI is InChI=1S/C16H21N5O.2ClH/c17-16(7-1-2-8-16)15(22)19-9-13-3-5-14(6-4-13)10-21-12-18-11-20-21;;/h3-6,11-12H,1-2,7-10,17H2,(H,19,22);2*1H. The number of nitrogens with one attached hydrogen (secondary N) is 1. The summed E-state index contributed by atoms with van der Waals surface area (Å²) in [5, 5.41) is 7.03. The topological polar surface area (TPSA) is 85.8 Å². The van der Waals surface area contributed by atoms with Crippen LogP contribution in [0.1, 0.15) is 36.8 Å². The van der Waals surface area contributed by atoms with E-state index in [0.717, 1.165) is 36.8 Å². The molecule has 1 aromatic heterocycles. The van der Waals surface area contributed by atoms with E-state index in [-0.39, 0.29) is 30.7 Å². The molecule has 24 heavy (non-hydrogen) atoms. The van der Waals surface area contributed by atoms with E-state index in [2.05, 4.69) is 15.4 Å². The maximum Gasteiger partial charge on any atom is 0.240 e. The second-order valence-electron chi connectivity index (χ2n) is 5.96. The van der Waals surface area contributed by atoms with Crippen molar-refractivity contribution < 1.29 is 4.79 Å². The molecule has 2 aromatic rings. The van der Waals surface area contributed by atoms with Gasteiger partial charge in [-0.05, 0) is 24.0 Å². The Balaban J connectivity index is 0.00000144. The van der Waals surface area contributed by atoms with Crippen molar-refractivity contribution in [1.29, 1.82) is 0 Å². The Morgan fingerprint density at radius 1 is 1.17 bits per heavy atom. The predicted octanol–water partition coefficient (Wildman–Crippen LogP) is 2.06. The SMILES string of the molecule is Cl.Cl.NC1(C(=O)NCc2ccc(Cn3cncn3)cc2)CCCC1. The van der Waals surface area contributed by atoms with Crippen molar-refractivity contribution in [3.05, 3.63) is 48.0 Å². The van der Waals surface area contributed by atoms with Gasteiger partial charge in [-0.25, -0.2) is 9.67 Å². The van der Waals surface area contributed by atoms with Crippen molar-refractivity contribution >= 4 is 30.7 Å². The number of amides is 1. The van der Waals surface area contributed by atoms with Gasteiger partial charge in [-0.2, -0.15) is 5.10 Å². The fourth-order valence-electron chi connectivity index (χ4n) is 2.86. The number of nitrogens with two attached hydrogens (primary N) is 1. The Morgan fingerprint density at radius 3 is 2.38 bits per heavy atom. The van der Waals surface area contributed by atoms with Gasteiger partial charge in [-0.3, -0.25) is 4.79 Å². The van der Waals surface area contributed by atoms with Gasteiger partial charge in [0, 0.05) is 6.54 Å². The largest absolute Gasteiger partial charge is 0.350 e. The molecule has 1 fully saturated rings. The molecule has 3 rings (SSSR count). The zero-order valence-electron chi connectivity index (χ0n) is 13.4. The lowest BCUT2D eigenvalue weighted by Gasteiger charge is -2.22. The fraction of sp³-hybridized carbons (Fsp3) is 0.438. The lowest BCUT2D eigenvalue weighted by Crippen LogP contribution is -2.51. The molecule has 132 valence electrons. The van der Waals surface area contributed by atoms with Crippen molar-refractivity contribution in [3.63, 3.8) is 0 Å². The van der Waals surface area contributed by atoms with Crippen LogP contribution in [0.2, 0.25) is 0 Å². The summed E-state index contributed by atoms with van der Waals surface area (Å²) < 4.78 is 1.77. The molecule has 6 nitrogen and oxygen atoms in total. The normalized spacial score (nSPS) is 15.2. The van der Waals surface area contributed by atoms with E-state index in [1.807, 2.05) is 24.3 Å². The summed E-state index contributed by atoms with van der Waals surface area (Å²) in [6.07, 6.45) is 6.87. The van der Waals surface area contributed by atoms with Crippen LogP contribution in [-0.2, 0) is 17.9 Å². The number of carbonyl (C=O) groups is 1. The lowest BCUT2D eigenvalue weighted by molar-refractivity contribution is -0.126. The number of halogens is 2. The molecule has 1 aromatic carbocycles. The Labute approximate surface area is 154 Å². The molecule has 1 saturated carbocycles. The minimum atomic E-state index is -0.660. The predicted molar refractivity (Wildman–Crippen MR) is 97.3 cm³/mol. The van der Waals surface area contributed by atoms with Gasteiger partial charge in [0.2, 0.25) is 5.91 Å². The highest BCUT2D eigenvalue weighted by molar-refractivity contribution is 5.86. The van der Waals surface area contributed by atoms with Crippen LogP contribution in [0.3, 0.4) is 0 Å². The minimum Gasteiger partial charge on any atom is -0.350 e. The van der Waals surface area contributed by atoms with Gasteiger partial charge in [0.1, 0.15) is 12.7 Å². The van der Waals surface area contributed by atoms with E-state index >= 15 is 0 Å². The number of hydrogen-bond donors (Lipinski definition) is 2.